The van der Waals surface area contributed by atoms with Crippen LogP contribution in [-0.2, 0) is 13.1 Å². The van der Waals surface area contributed by atoms with Gasteiger partial charge in [0.25, 0.3) is 0 Å². The summed E-state index contributed by atoms with van der Waals surface area (Å²) in [6.07, 6.45) is 0. The maximum atomic E-state index is 6.12. The standard InChI is InChI=1S/C13H15ClN4/c1-18(9-10-4-2-3-5-12(10)14)13-7-6-11(8-15)16-17-13/h2-7H,8-9,15H2,1H3. The molecule has 0 amide bonds. The molecule has 0 saturated carbocycles. The summed E-state index contributed by atoms with van der Waals surface area (Å²) in [6.45, 7) is 1.10. The van der Waals surface area contributed by atoms with Crippen LogP contribution in [0.15, 0.2) is 36.4 Å². The van der Waals surface area contributed by atoms with Gasteiger partial charge in [-0.25, -0.2) is 0 Å². The molecule has 0 radical (unpaired) electrons. The fourth-order valence-electron chi connectivity index (χ4n) is 1.63. The predicted octanol–water partition coefficient (Wildman–Crippen LogP) is 2.23. The monoisotopic (exact) mass is 262 g/mol. The van der Waals surface area contributed by atoms with Gasteiger partial charge in [0.2, 0.25) is 0 Å². The molecular formula is C13H15ClN4. The van der Waals surface area contributed by atoms with Crippen LogP contribution in [0.4, 0.5) is 5.82 Å². The lowest BCUT2D eigenvalue weighted by molar-refractivity contribution is 0.836. The van der Waals surface area contributed by atoms with Crippen LogP contribution < -0.4 is 10.6 Å². The normalized spacial score (nSPS) is 10.4. The van der Waals surface area contributed by atoms with Crippen LogP contribution in [0.5, 0.6) is 0 Å². The Bertz CT molecular complexity index is 513. The molecule has 0 aliphatic carbocycles. The summed E-state index contributed by atoms with van der Waals surface area (Å²) < 4.78 is 0. The van der Waals surface area contributed by atoms with E-state index in [9.17, 15) is 0 Å². The number of aromatic nitrogens is 2. The number of rotatable bonds is 4. The third kappa shape index (κ3) is 2.97. The Morgan fingerprint density at radius 3 is 2.56 bits per heavy atom. The lowest BCUT2D eigenvalue weighted by Gasteiger charge is -2.18. The van der Waals surface area contributed by atoms with Crippen molar-refractivity contribution in [3.8, 4) is 0 Å². The largest absolute Gasteiger partial charge is 0.354 e. The first-order valence-corrected chi connectivity index (χ1v) is 6.05. The van der Waals surface area contributed by atoms with Crippen molar-refractivity contribution in [3.63, 3.8) is 0 Å². The van der Waals surface area contributed by atoms with Gasteiger partial charge in [-0.15, -0.1) is 5.10 Å². The molecule has 0 bridgehead atoms. The summed E-state index contributed by atoms with van der Waals surface area (Å²) >= 11 is 6.12. The van der Waals surface area contributed by atoms with E-state index >= 15 is 0 Å². The topological polar surface area (TPSA) is 55.0 Å². The summed E-state index contributed by atoms with van der Waals surface area (Å²) in [5.74, 6) is 0.798. The van der Waals surface area contributed by atoms with E-state index in [0.29, 0.717) is 13.1 Å². The van der Waals surface area contributed by atoms with Gasteiger partial charge in [0, 0.05) is 25.2 Å². The van der Waals surface area contributed by atoms with Crippen LogP contribution >= 0.6 is 11.6 Å². The van der Waals surface area contributed by atoms with Crippen molar-refractivity contribution < 1.29 is 0 Å². The molecule has 1 aromatic heterocycles. The first-order chi connectivity index (χ1) is 8.70. The van der Waals surface area contributed by atoms with Crippen LogP contribution in [0, 0.1) is 0 Å². The van der Waals surface area contributed by atoms with Crippen molar-refractivity contribution in [1.82, 2.24) is 10.2 Å². The number of hydrogen-bond acceptors (Lipinski definition) is 4. The second kappa shape index (κ2) is 5.80. The molecule has 1 aromatic carbocycles. The van der Waals surface area contributed by atoms with Crippen molar-refractivity contribution in [1.29, 1.82) is 0 Å². The first-order valence-electron chi connectivity index (χ1n) is 5.68. The number of hydrogen-bond donors (Lipinski definition) is 1. The number of benzene rings is 1. The number of nitrogens with two attached hydrogens (primary N) is 1. The Labute approximate surface area is 111 Å². The molecule has 2 aromatic rings. The molecule has 5 heteroatoms. The van der Waals surface area contributed by atoms with E-state index in [1.54, 1.807) is 0 Å². The van der Waals surface area contributed by atoms with E-state index in [1.807, 2.05) is 48.3 Å². The quantitative estimate of drug-likeness (QED) is 0.918. The molecule has 18 heavy (non-hydrogen) atoms. The van der Waals surface area contributed by atoms with Gasteiger partial charge in [0.1, 0.15) is 0 Å². The number of halogens is 1. The summed E-state index contributed by atoms with van der Waals surface area (Å²) in [5.41, 5.74) is 7.33. The van der Waals surface area contributed by atoms with Crippen molar-refractivity contribution in [2.45, 2.75) is 13.1 Å². The molecule has 0 aliphatic rings. The predicted molar refractivity (Wildman–Crippen MR) is 73.5 cm³/mol. The summed E-state index contributed by atoms with van der Waals surface area (Å²) in [7, 11) is 1.95. The van der Waals surface area contributed by atoms with E-state index in [4.69, 9.17) is 17.3 Å². The zero-order valence-electron chi connectivity index (χ0n) is 10.2. The molecule has 0 atom stereocenters. The highest BCUT2D eigenvalue weighted by molar-refractivity contribution is 6.31. The fraction of sp³-hybridized carbons (Fsp3) is 0.231. The zero-order chi connectivity index (χ0) is 13.0. The summed E-state index contributed by atoms with van der Waals surface area (Å²) in [5, 5.41) is 8.92. The van der Waals surface area contributed by atoms with Crippen LogP contribution in [-0.4, -0.2) is 17.2 Å². The van der Waals surface area contributed by atoms with Gasteiger partial charge in [0.05, 0.1) is 5.69 Å². The number of nitrogens with zero attached hydrogens (tertiary/aromatic N) is 3. The highest BCUT2D eigenvalue weighted by Crippen LogP contribution is 2.18. The van der Waals surface area contributed by atoms with Crippen LogP contribution in [0.1, 0.15) is 11.3 Å². The van der Waals surface area contributed by atoms with E-state index < -0.39 is 0 Å². The van der Waals surface area contributed by atoms with Crippen molar-refractivity contribution in [2.24, 2.45) is 5.73 Å². The van der Waals surface area contributed by atoms with E-state index in [0.717, 1.165) is 22.1 Å². The van der Waals surface area contributed by atoms with Crippen LogP contribution in [0.2, 0.25) is 5.02 Å². The zero-order valence-corrected chi connectivity index (χ0v) is 10.9. The maximum absolute atomic E-state index is 6.12. The van der Waals surface area contributed by atoms with Gasteiger partial charge in [-0.05, 0) is 23.8 Å². The molecular weight excluding hydrogens is 248 g/mol. The smallest absolute Gasteiger partial charge is 0.151 e. The van der Waals surface area contributed by atoms with Crippen molar-refractivity contribution >= 4 is 17.4 Å². The maximum Gasteiger partial charge on any atom is 0.151 e. The van der Waals surface area contributed by atoms with E-state index in [2.05, 4.69) is 10.2 Å². The Balaban J connectivity index is 2.11. The molecule has 0 fully saturated rings. The molecule has 2 rings (SSSR count). The summed E-state index contributed by atoms with van der Waals surface area (Å²) in [4.78, 5) is 1.99. The summed E-state index contributed by atoms with van der Waals surface area (Å²) in [6, 6.07) is 11.6. The second-order valence-corrected chi connectivity index (χ2v) is 4.44. The molecule has 1 heterocycles. The third-order valence-electron chi connectivity index (χ3n) is 2.67. The molecule has 0 spiro atoms. The minimum Gasteiger partial charge on any atom is -0.354 e. The molecule has 4 nitrogen and oxygen atoms in total. The Kier molecular flexibility index (Phi) is 4.12. The molecule has 0 unspecified atom stereocenters. The van der Waals surface area contributed by atoms with Gasteiger partial charge in [-0.3, -0.25) is 0 Å². The van der Waals surface area contributed by atoms with Gasteiger partial charge in [0.15, 0.2) is 5.82 Å². The third-order valence-corrected chi connectivity index (χ3v) is 3.04. The number of anilines is 1. The first kappa shape index (κ1) is 12.8. The van der Waals surface area contributed by atoms with Gasteiger partial charge >= 0.3 is 0 Å². The van der Waals surface area contributed by atoms with E-state index in [-0.39, 0.29) is 0 Å². The minimum atomic E-state index is 0.404. The second-order valence-electron chi connectivity index (χ2n) is 4.03. The van der Waals surface area contributed by atoms with Gasteiger partial charge in [-0.2, -0.15) is 5.10 Å². The molecule has 94 valence electrons. The van der Waals surface area contributed by atoms with Gasteiger partial charge < -0.3 is 10.6 Å². The van der Waals surface area contributed by atoms with Crippen LogP contribution in [0.3, 0.4) is 0 Å². The lowest BCUT2D eigenvalue weighted by Crippen LogP contribution is -2.18. The Hall–Kier alpha value is -1.65. The highest BCUT2D eigenvalue weighted by Gasteiger charge is 2.06. The SMILES string of the molecule is CN(Cc1ccccc1Cl)c1ccc(CN)nn1. The Morgan fingerprint density at radius 1 is 1.17 bits per heavy atom. The fourth-order valence-corrected chi connectivity index (χ4v) is 1.82. The average Bonchev–Trinajstić information content (AvgIpc) is 2.41. The average molecular weight is 263 g/mol. The molecule has 2 N–H and O–H groups in total. The van der Waals surface area contributed by atoms with E-state index in [1.165, 1.54) is 0 Å². The minimum absolute atomic E-state index is 0.404. The Morgan fingerprint density at radius 2 is 1.94 bits per heavy atom. The lowest BCUT2D eigenvalue weighted by atomic mass is 10.2. The van der Waals surface area contributed by atoms with Crippen LogP contribution in [0.25, 0.3) is 0 Å². The van der Waals surface area contributed by atoms with Crippen molar-refractivity contribution in [3.05, 3.63) is 52.7 Å². The van der Waals surface area contributed by atoms with Gasteiger partial charge in [-0.1, -0.05) is 29.8 Å². The molecule has 0 aliphatic heterocycles. The molecule has 0 saturated heterocycles. The van der Waals surface area contributed by atoms with Crippen molar-refractivity contribution in [2.75, 3.05) is 11.9 Å². The highest BCUT2D eigenvalue weighted by atomic mass is 35.5.